The van der Waals surface area contributed by atoms with Gasteiger partial charge >= 0.3 is 0 Å². The van der Waals surface area contributed by atoms with Gasteiger partial charge in [-0.3, -0.25) is 4.79 Å². The minimum Gasteiger partial charge on any atom is -0.503 e. The van der Waals surface area contributed by atoms with Gasteiger partial charge in [0.05, 0.1) is 33.9 Å². The third kappa shape index (κ3) is 4.34. The van der Waals surface area contributed by atoms with Crippen molar-refractivity contribution in [3.63, 3.8) is 0 Å². The van der Waals surface area contributed by atoms with E-state index in [-0.39, 0.29) is 12.3 Å². The molecule has 0 radical (unpaired) electrons. The molecule has 1 N–H and O–H groups in total. The van der Waals surface area contributed by atoms with Crippen LogP contribution >= 0.6 is 11.6 Å². The molecule has 1 aliphatic heterocycles. The smallest absolute Gasteiger partial charge is 0.290 e. The van der Waals surface area contributed by atoms with Gasteiger partial charge in [0.2, 0.25) is 0 Å². The normalized spacial score (nSPS) is 15.7. The Morgan fingerprint density at radius 1 is 0.879 bits per heavy atom. The summed E-state index contributed by atoms with van der Waals surface area (Å²) in [6, 6.07) is 19.4. The molecule has 0 aliphatic carbocycles. The third-order valence-corrected chi connectivity index (χ3v) is 5.98. The number of benzene rings is 3. The highest BCUT2D eigenvalue weighted by Gasteiger charge is 2.41. The first-order valence-corrected chi connectivity index (χ1v) is 10.7. The van der Waals surface area contributed by atoms with Crippen molar-refractivity contribution in [1.82, 2.24) is 4.90 Å². The molecule has 4 rings (SSSR count). The number of hydrogen-bond acceptors (Lipinski definition) is 5. The highest BCUT2D eigenvalue weighted by Crippen LogP contribution is 2.45. The van der Waals surface area contributed by atoms with Crippen molar-refractivity contribution >= 4 is 23.1 Å². The van der Waals surface area contributed by atoms with E-state index in [1.54, 1.807) is 56.6 Å². The van der Waals surface area contributed by atoms with Crippen LogP contribution in [0, 0.1) is 0 Å². The maximum absolute atomic E-state index is 13.3. The topological polar surface area (TPSA) is 68.2 Å². The van der Waals surface area contributed by atoms with Gasteiger partial charge in [0.15, 0.2) is 5.76 Å². The Hall–Kier alpha value is -3.64. The van der Waals surface area contributed by atoms with Crippen LogP contribution in [0.3, 0.4) is 0 Å². The molecule has 0 aromatic heterocycles. The second kappa shape index (κ2) is 9.46. The van der Waals surface area contributed by atoms with Crippen molar-refractivity contribution in [3.8, 4) is 17.2 Å². The summed E-state index contributed by atoms with van der Waals surface area (Å²) in [6.45, 7) is 0.225. The van der Waals surface area contributed by atoms with Crippen LogP contribution < -0.4 is 14.2 Å². The van der Waals surface area contributed by atoms with Crippen molar-refractivity contribution in [2.24, 2.45) is 0 Å². The number of aliphatic hydroxyl groups excluding tert-OH is 1. The molecule has 33 heavy (non-hydrogen) atoms. The van der Waals surface area contributed by atoms with Crippen molar-refractivity contribution in [3.05, 3.63) is 94.2 Å². The molecule has 1 unspecified atom stereocenters. The van der Waals surface area contributed by atoms with Gasteiger partial charge in [0, 0.05) is 22.2 Å². The molecule has 1 atom stereocenters. The molecular weight excluding hydrogens is 442 g/mol. The number of nitrogens with zero attached hydrogens (tertiary/aromatic N) is 1. The Morgan fingerprint density at radius 2 is 1.52 bits per heavy atom. The van der Waals surface area contributed by atoms with Crippen LogP contribution in [0.15, 0.2) is 72.5 Å². The molecule has 0 saturated carbocycles. The Kier molecular flexibility index (Phi) is 6.47. The van der Waals surface area contributed by atoms with E-state index in [2.05, 4.69) is 0 Å². The number of halogens is 1. The quantitative estimate of drug-likeness (QED) is 0.504. The highest BCUT2D eigenvalue weighted by molar-refractivity contribution is 6.30. The lowest BCUT2D eigenvalue weighted by molar-refractivity contribution is -0.130. The molecule has 3 aromatic carbocycles. The fraction of sp³-hybridized carbons (Fsp3) is 0.192. The van der Waals surface area contributed by atoms with Crippen molar-refractivity contribution in [2.45, 2.75) is 12.6 Å². The summed E-state index contributed by atoms with van der Waals surface area (Å²) in [5.74, 6) is 1.18. The van der Waals surface area contributed by atoms with Gasteiger partial charge in [0.1, 0.15) is 17.2 Å². The Balaban J connectivity index is 1.79. The van der Waals surface area contributed by atoms with Gasteiger partial charge in [0.25, 0.3) is 5.91 Å². The van der Waals surface area contributed by atoms with Crippen molar-refractivity contribution in [1.29, 1.82) is 0 Å². The number of hydrogen-bond donors (Lipinski definition) is 1. The number of ether oxygens (including phenoxy) is 3. The summed E-state index contributed by atoms with van der Waals surface area (Å²) in [4.78, 5) is 14.9. The molecular formula is C26H24ClNO5. The van der Waals surface area contributed by atoms with Gasteiger partial charge in [-0.05, 0) is 47.5 Å². The van der Waals surface area contributed by atoms with E-state index < -0.39 is 11.9 Å². The SMILES string of the molecule is COc1ccc(C2=C(O)C(=O)N(Cc3ccc(OC)cc3OC)C2c2ccc(Cl)cc2)cc1. The molecule has 0 saturated heterocycles. The van der Waals surface area contributed by atoms with Gasteiger partial charge in [-0.15, -0.1) is 0 Å². The Morgan fingerprint density at radius 3 is 2.12 bits per heavy atom. The summed E-state index contributed by atoms with van der Waals surface area (Å²) in [7, 11) is 4.74. The van der Waals surface area contributed by atoms with Crippen LogP contribution in [0.5, 0.6) is 17.2 Å². The molecule has 3 aromatic rings. The zero-order valence-electron chi connectivity index (χ0n) is 18.5. The number of carbonyl (C=O) groups excluding carboxylic acids is 1. The standard InChI is InChI=1S/C26H24ClNO5/c1-31-20-11-6-16(7-12-20)23-24(17-4-9-19(27)10-5-17)28(26(30)25(23)29)15-18-8-13-21(32-2)14-22(18)33-3/h4-14,24,29H,15H2,1-3H3. The molecule has 6 nitrogen and oxygen atoms in total. The van der Waals surface area contributed by atoms with E-state index in [4.69, 9.17) is 25.8 Å². The van der Waals surface area contributed by atoms with E-state index in [1.165, 1.54) is 0 Å². The molecule has 1 heterocycles. The summed E-state index contributed by atoms with van der Waals surface area (Å²) in [5.41, 5.74) is 2.87. The number of aliphatic hydroxyl groups is 1. The summed E-state index contributed by atoms with van der Waals surface area (Å²) in [6.07, 6.45) is 0. The Labute approximate surface area is 197 Å². The van der Waals surface area contributed by atoms with Crippen LogP contribution in [0.4, 0.5) is 0 Å². The van der Waals surface area contributed by atoms with Crippen molar-refractivity contribution in [2.75, 3.05) is 21.3 Å². The van der Waals surface area contributed by atoms with Crippen LogP contribution in [-0.2, 0) is 11.3 Å². The first-order valence-electron chi connectivity index (χ1n) is 10.3. The third-order valence-electron chi connectivity index (χ3n) is 5.73. The largest absolute Gasteiger partial charge is 0.503 e. The van der Waals surface area contributed by atoms with Gasteiger partial charge < -0.3 is 24.2 Å². The van der Waals surface area contributed by atoms with Crippen LogP contribution in [0.25, 0.3) is 5.57 Å². The molecule has 0 bridgehead atoms. The lowest BCUT2D eigenvalue weighted by Gasteiger charge is -2.28. The molecule has 1 amide bonds. The summed E-state index contributed by atoms with van der Waals surface area (Å²) >= 11 is 6.11. The van der Waals surface area contributed by atoms with Crippen LogP contribution in [0.2, 0.25) is 5.02 Å². The average molecular weight is 466 g/mol. The maximum Gasteiger partial charge on any atom is 0.290 e. The van der Waals surface area contributed by atoms with E-state index in [9.17, 15) is 9.90 Å². The second-order valence-corrected chi connectivity index (χ2v) is 7.99. The van der Waals surface area contributed by atoms with Crippen molar-refractivity contribution < 1.29 is 24.1 Å². The number of methoxy groups -OCH3 is 3. The fourth-order valence-corrected chi connectivity index (χ4v) is 4.17. The predicted octanol–water partition coefficient (Wildman–Crippen LogP) is 5.42. The zero-order valence-corrected chi connectivity index (χ0v) is 19.3. The first kappa shape index (κ1) is 22.6. The highest BCUT2D eigenvalue weighted by atomic mass is 35.5. The van der Waals surface area contributed by atoms with E-state index in [0.717, 1.165) is 16.7 Å². The lowest BCUT2D eigenvalue weighted by atomic mass is 9.93. The predicted molar refractivity (Wildman–Crippen MR) is 127 cm³/mol. The molecule has 1 aliphatic rings. The minimum absolute atomic E-state index is 0.225. The number of carbonyl (C=O) groups is 1. The average Bonchev–Trinajstić information content (AvgIpc) is 3.09. The minimum atomic E-state index is -0.519. The fourth-order valence-electron chi connectivity index (χ4n) is 4.04. The lowest BCUT2D eigenvalue weighted by Crippen LogP contribution is -2.30. The Bertz CT molecular complexity index is 1190. The number of rotatable bonds is 7. The maximum atomic E-state index is 13.3. The molecule has 170 valence electrons. The number of amides is 1. The first-order chi connectivity index (χ1) is 16.0. The van der Waals surface area contributed by atoms with E-state index in [1.807, 2.05) is 36.4 Å². The van der Waals surface area contributed by atoms with Crippen LogP contribution in [0.1, 0.15) is 22.7 Å². The molecule has 0 fully saturated rings. The van der Waals surface area contributed by atoms with Gasteiger partial charge in [-0.25, -0.2) is 0 Å². The molecule has 7 heteroatoms. The molecule has 0 spiro atoms. The summed E-state index contributed by atoms with van der Waals surface area (Å²) in [5, 5.41) is 11.5. The zero-order chi connectivity index (χ0) is 23.5. The monoisotopic (exact) mass is 465 g/mol. The van der Waals surface area contributed by atoms with E-state index in [0.29, 0.717) is 27.8 Å². The summed E-state index contributed by atoms with van der Waals surface area (Å²) < 4.78 is 16.1. The second-order valence-electron chi connectivity index (χ2n) is 7.56. The van der Waals surface area contributed by atoms with Gasteiger partial charge in [-0.1, -0.05) is 35.9 Å². The van der Waals surface area contributed by atoms with E-state index >= 15 is 0 Å². The van der Waals surface area contributed by atoms with Gasteiger partial charge in [-0.2, -0.15) is 0 Å². The van der Waals surface area contributed by atoms with Crippen LogP contribution in [-0.4, -0.2) is 37.2 Å².